The average molecular weight is 626 g/mol. The molecule has 0 aliphatic carbocycles. The lowest BCUT2D eigenvalue weighted by Crippen LogP contribution is -2.02. The van der Waals surface area contributed by atoms with E-state index in [0.29, 0.717) is 0 Å². The number of rotatable bonds is 9. The standard InChI is InChI=1S/C24H14N6O13S/c31-21-15(27-25-11-2-5-16(29(37)38)13(8-11)23(33)34)4-1-10-7-18(44(41,42)43)20(22(32)19(10)21)28-26-12-3-6-17(30(39)40)14(9-12)24(35)36/h1-9,31-32H,(H,33,34)(H,35,36)(H,41,42,43)/b27-25+,28-26+. The molecule has 0 radical (unpaired) electrons. The number of fused-ring (bicyclic) bond motifs is 1. The fourth-order valence-corrected chi connectivity index (χ4v) is 4.49. The number of phenols is 2. The number of hydrogen-bond donors (Lipinski definition) is 5. The number of aromatic hydroxyl groups is 2. The van der Waals surface area contributed by atoms with Gasteiger partial charge in [0.2, 0.25) is 0 Å². The number of azo groups is 2. The van der Waals surface area contributed by atoms with Crippen LogP contribution in [0.25, 0.3) is 10.8 Å². The maximum atomic E-state index is 12.1. The highest BCUT2D eigenvalue weighted by molar-refractivity contribution is 7.86. The lowest BCUT2D eigenvalue weighted by molar-refractivity contribution is -0.385. The third-order valence-electron chi connectivity index (χ3n) is 5.80. The first-order valence-electron chi connectivity index (χ1n) is 11.5. The number of carbonyl (C=O) groups is 2. The van der Waals surface area contributed by atoms with E-state index >= 15 is 0 Å². The van der Waals surface area contributed by atoms with Crippen molar-refractivity contribution in [3.63, 3.8) is 0 Å². The number of carboxylic acid groups (broad SMARTS) is 2. The Morgan fingerprint density at radius 2 is 1.20 bits per heavy atom. The highest BCUT2D eigenvalue weighted by atomic mass is 32.2. The fourth-order valence-electron chi connectivity index (χ4n) is 3.84. The molecule has 0 unspecified atom stereocenters. The van der Waals surface area contributed by atoms with Gasteiger partial charge >= 0.3 is 11.9 Å². The van der Waals surface area contributed by atoms with Gasteiger partial charge in [0.1, 0.15) is 27.4 Å². The summed E-state index contributed by atoms with van der Waals surface area (Å²) in [6.45, 7) is 0. The average Bonchev–Trinajstić information content (AvgIpc) is 2.95. The number of nitro benzene ring substituents is 2. The zero-order valence-electron chi connectivity index (χ0n) is 21.3. The maximum Gasteiger partial charge on any atom is 0.342 e. The van der Waals surface area contributed by atoms with Crippen molar-refractivity contribution in [1.82, 2.24) is 0 Å². The van der Waals surface area contributed by atoms with Gasteiger partial charge in [0.25, 0.3) is 21.5 Å². The largest absolute Gasteiger partial charge is 0.505 e. The van der Waals surface area contributed by atoms with Crippen LogP contribution in [0.4, 0.5) is 34.1 Å². The van der Waals surface area contributed by atoms with E-state index in [1.807, 2.05) is 0 Å². The van der Waals surface area contributed by atoms with Gasteiger partial charge in [0, 0.05) is 12.1 Å². The summed E-state index contributed by atoms with van der Waals surface area (Å²) in [6.07, 6.45) is 0. The maximum absolute atomic E-state index is 12.1. The van der Waals surface area contributed by atoms with E-state index in [-0.39, 0.29) is 22.4 Å². The Morgan fingerprint density at radius 1 is 0.705 bits per heavy atom. The molecule has 0 saturated heterocycles. The van der Waals surface area contributed by atoms with Gasteiger partial charge in [-0.05, 0) is 41.8 Å². The molecular weight excluding hydrogens is 612 g/mol. The summed E-state index contributed by atoms with van der Waals surface area (Å²) in [6, 6.07) is 8.42. The highest BCUT2D eigenvalue weighted by Gasteiger charge is 2.25. The number of carboxylic acids is 2. The molecule has 0 fully saturated rings. The van der Waals surface area contributed by atoms with E-state index < -0.39 is 81.9 Å². The van der Waals surface area contributed by atoms with Crippen LogP contribution in [0.3, 0.4) is 0 Å². The van der Waals surface area contributed by atoms with Crippen LogP contribution in [0.2, 0.25) is 0 Å². The van der Waals surface area contributed by atoms with Gasteiger partial charge in [-0.1, -0.05) is 6.07 Å². The lowest BCUT2D eigenvalue weighted by atomic mass is 10.1. The first-order chi connectivity index (χ1) is 20.6. The molecule has 0 saturated carbocycles. The second-order valence-corrected chi connectivity index (χ2v) is 9.90. The van der Waals surface area contributed by atoms with E-state index in [0.717, 1.165) is 54.6 Å². The van der Waals surface area contributed by atoms with Crippen molar-refractivity contribution in [3.05, 3.63) is 86.0 Å². The summed E-state index contributed by atoms with van der Waals surface area (Å²) in [4.78, 5) is 42.1. The van der Waals surface area contributed by atoms with E-state index in [1.165, 1.54) is 0 Å². The molecule has 0 spiro atoms. The van der Waals surface area contributed by atoms with Gasteiger partial charge in [0.05, 0.1) is 26.6 Å². The second-order valence-electron chi connectivity index (χ2n) is 8.51. The molecule has 0 amide bonds. The third kappa shape index (κ3) is 5.95. The monoisotopic (exact) mass is 626 g/mol. The van der Waals surface area contributed by atoms with Crippen molar-refractivity contribution in [2.24, 2.45) is 20.5 Å². The van der Waals surface area contributed by atoms with Crippen molar-refractivity contribution in [3.8, 4) is 11.5 Å². The molecule has 0 aliphatic rings. The number of nitro groups is 2. The Labute approximate surface area is 242 Å². The Balaban J connectivity index is 1.85. The van der Waals surface area contributed by atoms with Crippen molar-refractivity contribution >= 4 is 67.0 Å². The third-order valence-corrected chi connectivity index (χ3v) is 6.67. The molecule has 0 aliphatic heterocycles. The first-order valence-corrected chi connectivity index (χ1v) is 12.9. The van der Waals surface area contributed by atoms with Crippen molar-refractivity contribution in [2.75, 3.05) is 0 Å². The van der Waals surface area contributed by atoms with Crippen LogP contribution in [0.15, 0.2) is 79.9 Å². The van der Waals surface area contributed by atoms with Gasteiger partial charge in [-0.3, -0.25) is 24.8 Å². The van der Waals surface area contributed by atoms with Gasteiger partial charge in [0.15, 0.2) is 11.5 Å². The molecule has 44 heavy (non-hydrogen) atoms. The first kappa shape index (κ1) is 30.5. The van der Waals surface area contributed by atoms with Crippen molar-refractivity contribution < 1.29 is 52.8 Å². The Kier molecular flexibility index (Phi) is 7.96. The van der Waals surface area contributed by atoms with E-state index in [4.69, 9.17) is 0 Å². The quantitative estimate of drug-likeness (QED) is 0.0660. The molecule has 0 bridgehead atoms. The van der Waals surface area contributed by atoms with E-state index in [9.17, 15) is 63.2 Å². The van der Waals surface area contributed by atoms with Crippen molar-refractivity contribution in [1.29, 1.82) is 0 Å². The molecule has 0 aromatic heterocycles. The fraction of sp³-hybridized carbons (Fsp3) is 0. The predicted octanol–water partition coefficient (Wildman–Crippen LogP) is 5.54. The minimum absolute atomic E-state index is 0.155. The van der Waals surface area contributed by atoms with E-state index in [1.54, 1.807) is 0 Å². The van der Waals surface area contributed by atoms with Crippen LogP contribution >= 0.6 is 0 Å². The number of hydrogen-bond acceptors (Lipinski definition) is 14. The number of phenolic OH excluding ortho intramolecular Hbond substituents is 2. The smallest absolute Gasteiger partial charge is 0.342 e. The highest BCUT2D eigenvalue weighted by Crippen LogP contribution is 2.47. The minimum atomic E-state index is -5.10. The molecule has 20 heteroatoms. The molecule has 0 heterocycles. The minimum Gasteiger partial charge on any atom is -0.505 e. The molecular formula is C24H14N6O13S. The predicted molar refractivity (Wildman–Crippen MR) is 146 cm³/mol. The van der Waals surface area contributed by atoms with Crippen molar-refractivity contribution in [2.45, 2.75) is 4.90 Å². The molecule has 4 aromatic carbocycles. The molecule has 224 valence electrons. The number of benzene rings is 4. The molecule has 4 rings (SSSR count). The zero-order valence-corrected chi connectivity index (χ0v) is 22.1. The topological polar surface area (TPSA) is 305 Å². The van der Waals surface area contributed by atoms with Gasteiger partial charge < -0.3 is 20.4 Å². The summed E-state index contributed by atoms with van der Waals surface area (Å²) in [5.74, 6) is -5.14. The van der Waals surface area contributed by atoms with Gasteiger partial charge in [-0.2, -0.15) is 18.6 Å². The van der Waals surface area contributed by atoms with Crippen LogP contribution in [0.5, 0.6) is 11.5 Å². The van der Waals surface area contributed by atoms with Crippen LogP contribution < -0.4 is 0 Å². The summed E-state index contributed by atoms with van der Waals surface area (Å²) >= 11 is 0. The Morgan fingerprint density at radius 3 is 1.66 bits per heavy atom. The SMILES string of the molecule is O=C(O)c1cc(/N=N/c2ccc3cc(S(=O)(=O)O)c(/N=N/c4ccc([N+](=O)[O-])c(C(=O)O)c4)c(O)c3c2O)ccc1[N+](=O)[O-]. The Bertz CT molecular complexity index is 2090. The van der Waals surface area contributed by atoms with Gasteiger partial charge in [-0.25, -0.2) is 9.59 Å². The molecule has 4 aromatic rings. The Hall–Kier alpha value is -6.41. The number of nitrogens with zero attached hydrogens (tertiary/aromatic N) is 6. The van der Waals surface area contributed by atoms with Crippen LogP contribution in [0.1, 0.15) is 20.7 Å². The van der Waals surface area contributed by atoms with Gasteiger partial charge in [-0.15, -0.1) is 10.2 Å². The summed E-state index contributed by atoms with van der Waals surface area (Å²) in [5.41, 5.74) is -4.72. The number of aromatic carboxylic acids is 2. The molecule has 5 N–H and O–H groups in total. The zero-order chi connectivity index (χ0) is 32.5. The lowest BCUT2D eigenvalue weighted by Gasteiger charge is -2.11. The molecule has 19 nitrogen and oxygen atoms in total. The second kappa shape index (κ2) is 11.5. The van der Waals surface area contributed by atoms with Crippen LogP contribution in [0, 0.1) is 20.2 Å². The summed E-state index contributed by atoms with van der Waals surface area (Å²) in [7, 11) is -5.10. The van der Waals surface area contributed by atoms with E-state index in [2.05, 4.69) is 20.5 Å². The summed E-state index contributed by atoms with van der Waals surface area (Å²) < 4.78 is 33.9. The summed E-state index contributed by atoms with van der Waals surface area (Å²) in [5, 5.41) is 76.5. The normalized spacial score (nSPS) is 11.8. The van der Waals surface area contributed by atoms with Crippen LogP contribution in [-0.2, 0) is 10.1 Å². The molecule has 0 atom stereocenters. The van der Waals surface area contributed by atoms with Crippen LogP contribution in [-0.4, -0.2) is 55.2 Å².